The number of carbonyl (C=O) groups is 1. The molecule has 3 aromatic rings. The van der Waals surface area contributed by atoms with Crippen LogP contribution in [0, 0.1) is 0 Å². The molecule has 0 bridgehead atoms. The van der Waals surface area contributed by atoms with Gasteiger partial charge in [-0.05, 0) is 55.3 Å². The van der Waals surface area contributed by atoms with E-state index in [0.717, 1.165) is 29.0 Å². The predicted octanol–water partition coefficient (Wildman–Crippen LogP) is 3.44. The molecule has 7 nitrogen and oxygen atoms in total. The monoisotopic (exact) mass is 395 g/mol. The highest BCUT2D eigenvalue weighted by molar-refractivity contribution is 5.76. The molecule has 152 valence electrons. The normalized spacial score (nSPS) is 10.6. The summed E-state index contributed by atoms with van der Waals surface area (Å²) in [5.41, 5.74) is 1.98. The second-order valence-electron chi connectivity index (χ2n) is 6.42. The van der Waals surface area contributed by atoms with Crippen LogP contribution < -0.4 is 14.8 Å². The number of hydrogen-bond donors (Lipinski definition) is 1. The Morgan fingerprint density at radius 1 is 1.03 bits per heavy atom. The number of benzene rings is 2. The van der Waals surface area contributed by atoms with Gasteiger partial charge in [-0.15, -0.1) is 0 Å². The number of nitrogens with zero attached hydrogens (tertiary/aromatic N) is 2. The van der Waals surface area contributed by atoms with Gasteiger partial charge in [0.2, 0.25) is 17.6 Å². The summed E-state index contributed by atoms with van der Waals surface area (Å²) in [6.07, 6.45) is 1.46. The Hall–Kier alpha value is -3.35. The standard InChI is InChI=1S/C22H25N3O4/c1-3-28-19-10-6-17(7-11-19)22-24-21(29-25-22)13-12-20(26)23-15-14-16-4-8-18(27-2)9-5-16/h4-11H,3,12-15H2,1-2H3,(H,23,26). The molecule has 1 N–H and O–H groups in total. The van der Waals surface area contributed by atoms with Crippen molar-refractivity contribution in [3.63, 3.8) is 0 Å². The van der Waals surface area contributed by atoms with Crippen molar-refractivity contribution in [1.82, 2.24) is 15.5 Å². The lowest BCUT2D eigenvalue weighted by Crippen LogP contribution is -2.25. The van der Waals surface area contributed by atoms with Crippen LogP contribution in [0.1, 0.15) is 24.8 Å². The number of aryl methyl sites for hydroxylation is 1. The second kappa shape index (κ2) is 10.3. The summed E-state index contributed by atoms with van der Waals surface area (Å²) in [6.45, 7) is 3.13. The molecule has 0 fully saturated rings. The molecule has 0 saturated carbocycles. The Morgan fingerprint density at radius 2 is 1.76 bits per heavy atom. The van der Waals surface area contributed by atoms with Gasteiger partial charge in [-0.3, -0.25) is 4.79 Å². The molecular weight excluding hydrogens is 370 g/mol. The van der Waals surface area contributed by atoms with Crippen molar-refractivity contribution in [3.8, 4) is 22.9 Å². The maximum Gasteiger partial charge on any atom is 0.227 e. The van der Waals surface area contributed by atoms with Gasteiger partial charge in [0.25, 0.3) is 0 Å². The van der Waals surface area contributed by atoms with Crippen LogP contribution in [0.25, 0.3) is 11.4 Å². The molecule has 0 aliphatic heterocycles. The van der Waals surface area contributed by atoms with Gasteiger partial charge in [0, 0.05) is 24.9 Å². The highest BCUT2D eigenvalue weighted by Crippen LogP contribution is 2.20. The maximum absolute atomic E-state index is 12.0. The fraction of sp³-hybridized carbons (Fsp3) is 0.318. The number of carbonyl (C=O) groups excluding carboxylic acids is 1. The van der Waals surface area contributed by atoms with Crippen LogP contribution in [0.15, 0.2) is 53.1 Å². The van der Waals surface area contributed by atoms with E-state index in [1.165, 1.54) is 0 Å². The van der Waals surface area contributed by atoms with Crippen molar-refractivity contribution in [2.75, 3.05) is 20.3 Å². The van der Waals surface area contributed by atoms with E-state index in [-0.39, 0.29) is 5.91 Å². The van der Waals surface area contributed by atoms with Crippen LogP contribution in [0.4, 0.5) is 0 Å². The van der Waals surface area contributed by atoms with Crippen LogP contribution in [0.3, 0.4) is 0 Å². The molecule has 1 heterocycles. The quantitative estimate of drug-likeness (QED) is 0.566. The van der Waals surface area contributed by atoms with E-state index in [9.17, 15) is 4.79 Å². The van der Waals surface area contributed by atoms with E-state index in [1.807, 2.05) is 55.5 Å². The van der Waals surface area contributed by atoms with Crippen LogP contribution >= 0.6 is 0 Å². The van der Waals surface area contributed by atoms with Gasteiger partial charge in [0.05, 0.1) is 13.7 Å². The fourth-order valence-electron chi connectivity index (χ4n) is 2.79. The Labute approximate surface area is 170 Å². The number of methoxy groups -OCH3 is 1. The highest BCUT2D eigenvalue weighted by atomic mass is 16.5. The lowest BCUT2D eigenvalue weighted by atomic mass is 10.1. The molecule has 1 aromatic heterocycles. The van der Waals surface area contributed by atoms with Crippen LogP contribution in [-0.2, 0) is 17.6 Å². The molecule has 1 amide bonds. The van der Waals surface area contributed by atoms with Gasteiger partial charge in [0.15, 0.2) is 0 Å². The zero-order chi connectivity index (χ0) is 20.5. The molecule has 2 aromatic carbocycles. The molecule has 29 heavy (non-hydrogen) atoms. The van der Waals surface area contributed by atoms with E-state index < -0.39 is 0 Å². The summed E-state index contributed by atoms with van der Waals surface area (Å²) >= 11 is 0. The minimum absolute atomic E-state index is 0.0423. The first kappa shape index (κ1) is 20.4. The lowest BCUT2D eigenvalue weighted by Gasteiger charge is -2.05. The fourth-order valence-corrected chi connectivity index (χ4v) is 2.79. The number of rotatable bonds is 10. The maximum atomic E-state index is 12.0. The molecule has 0 spiro atoms. The summed E-state index contributed by atoms with van der Waals surface area (Å²) in [5, 5.41) is 6.90. The zero-order valence-corrected chi connectivity index (χ0v) is 16.7. The largest absolute Gasteiger partial charge is 0.497 e. The molecule has 3 rings (SSSR count). The summed E-state index contributed by atoms with van der Waals surface area (Å²) in [6, 6.07) is 15.3. The number of nitrogens with one attached hydrogen (secondary N) is 1. The number of amides is 1. The topological polar surface area (TPSA) is 86.5 Å². The molecule has 0 unspecified atom stereocenters. The van der Waals surface area contributed by atoms with Crippen LogP contribution in [-0.4, -0.2) is 36.3 Å². The summed E-state index contributed by atoms with van der Waals surface area (Å²) < 4.78 is 15.8. The number of ether oxygens (including phenoxy) is 2. The average Bonchev–Trinajstić information content (AvgIpc) is 3.23. The smallest absolute Gasteiger partial charge is 0.227 e. The van der Waals surface area contributed by atoms with Gasteiger partial charge in [-0.1, -0.05) is 17.3 Å². The van der Waals surface area contributed by atoms with Gasteiger partial charge in [-0.2, -0.15) is 4.98 Å². The van der Waals surface area contributed by atoms with Crippen molar-refractivity contribution < 1.29 is 18.8 Å². The summed E-state index contributed by atoms with van der Waals surface area (Å²) in [4.78, 5) is 16.4. The molecule has 0 aliphatic rings. The summed E-state index contributed by atoms with van der Waals surface area (Å²) in [5.74, 6) is 2.52. The van der Waals surface area contributed by atoms with Crippen molar-refractivity contribution in [3.05, 3.63) is 60.0 Å². The van der Waals surface area contributed by atoms with Crippen molar-refractivity contribution in [1.29, 1.82) is 0 Å². The van der Waals surface area contributed by atoms with E-state index in [2.05, 4.69) is 15.5 Å². The molecule has 0 saturated heterocycles. The average molecular weight is 395 g/mol. The van der Waals surface area contributed by atoms with Crippen molar-refractivity contribution >= 4 is 5.91 Å². The zero-order valence-electron chi connectivity index (χ0n) is 16.7. The predicted molar refractivity (Wildman–Crippen MR) is 109 cm³/mol. The van der Waals surface area contributed by atoms with Crippen molar-refractivity contribution in [2.45, 2.75) is 26.2 Å². The van der Waals surface area contributed by atoms with E-state index >= 15 is 0 Å². The van der Waals surface area contributed by atoms with E-state index in [1.54, 1.807) is 7.11 Å². The SMILES string of the molecule is CCOc1ccc(-c2noc(CCC(=O)NCCc3ccc(OC)cc3)n2)cc1. The number of aromatic nitrogens is 2. The molecule has 0 radical (unpaired) electrons. The van der Waals surface area contributed by atoms with Gasteiger partial charge in [-0.25, -0.2) is 0 Å². The third kappa shape index (κ3) is 6.07. The highest BCUT2D eigenvalue weighted by Gasteiger charge is 2.11. The lowest BCUT2D eigenvalue weighted by molar-refractivity contribution is -0.121. The third-order valence-corrected chi connectivity index (χ3v) is 4.35. The Balaban J connectivity index is 1.42. The Morgan fingerprint density at radius 3 is 2.45 bits per heavy atom. The Bertz CT molecular complexity index is 905. The molecule has 0 atom stereocenters. The molecular formula is C22H25N3O4. The Kier molecular flexibility index (Phi) is 7.22. The number of hydrogen-bond acceptors (Lipinski definition) is 6. The first-order valence-electron chi connectivity index (χ1n) is 9.63. The van der Waals surface area contributed by atoms with Gasteiger partial charge in [0.1, 0.15) is 11.5 Å². The van der Waals surface area contributed by atoms with E-state index in [4.69, 9.17) is 14.0 Å². The van der Waals surface area contributed by atoms with Crippen LogP contribution in [0.2, 0.25) is 0 Å². The molecule has 7 heteroatoms. The second-order valence-corrected chi connectivity index (χ2v) is 6.42. The minimum Gasteiger partial charge on any atom is -0.497 e. The van der Waals surface area contributed by atoms with Gasteiger partial charge >= 0.3 is 0 Å². The first-order valence-corrected chi connectivity index (χ1v) is 9.63. The van der Waals surface area contributed by atoms with E-state index in [0.29, 0.717) is 37.7 Å². The summed E-state index contributed by atoms with van der Waals surface area (Å²) in [7, 11) is 1.64. The van der Waals surface area contributed by atoms with Gasteiger partial charge < -0.3 is 19.3 Å². The van der Waals surface area contributed by atoms with Crippen LogP contribution in [0.5, 0.6) is 11.5 Å². The minimum atomic E-state index is -0.0423. The molecule has 0 aliphatic carbocycles. The van der Waals surface area contributed by atoms with Crippen molar-refractivity contribution in [2.24, 2.45) is 0 Å². The first-order chi connectivity index (χ1) is 14.2. The third-order valence-electron chi connectivity index (χ3n) is 4.35.